The summed E-state index contributed by atoms with van der Waals surface area (Å²) in [6.07, 6.45) is 3.58. The Morgan fingerprint density at radius 2 is 2.04 bits per heavy atom. The highest BCUT2D eigenvalue weighted by molar-refractivity contribution is 7.99. The van der Waals surface area contributed by atoms with Gasteiger partial charge < -0.3 is 5.32 Å². The van der Waals surface area contributed by atoms with Crippen molar-refractivity contribution in [2.45, 2.75) is 32.9 Å². The van der Waals surface area contributed by atoms with Gasteiger partial charge in [-0.05, 0) is 37.0 Å². The van der Waals surface area contributed by atoms with Gasteiger partial charge in [-0.3, -0.25) is 14.7 Å². The Balaban J connectivity index is 1.96. The van der Waals surface area contributed by atoms with Gasteiger partial charge in [0, 0.05) is 18.9 Å². The molecule has 6 nitrogen and oxygen atoms in total. The third-order valence-electron chi connectivity index (χ3n) is 3.70. The van der Waals surface area contributed by atoms with E-state index in [1.165, 1.54) is 22.9 Å². The van der Waals surface area contributed by atoms with Gasteiger partial charge in [-0.25, -0.2) is 9.78 Å². The van der Waals surface area contributed by atoms with Crippen molar-refractivity contribution in [1.82, 2.24) is 20.2 Å². The lowest BCUT2D eigenvalue weighted by molar-refractivity contribution is -0.117. The molecule has 2 aromatic rings. The summed E-state index contributed by atoms with van der Waals surface area (Å²) in [5.41, 5.74) is 3.40. The topological polar surface area (TPSA) is 76.0 Å². The molecule has 134 valence electrons. The third-order valence-corrected chi connectivity index (χ3v) is 4.67. The van der Waals surface area contributed by atoms with Gasteiger partial charge in [0.05, 0.1) is 11.4 Å². The van der Waals surface area contributed by atoms with Crippen molar-refractivity contribution in [3.8, 4) is 5.69 Å². The van der Waals surface area contributed by atoms with Crippen LogP contribution in [0.5, 0.6) is 0 Å². The van der Waals surface area contributed by atoms with Gasteiger partial charge >= 0.3 is 6.03 Å². The van der Waals surface area contributed by atoms with Crippen LogP contribution < -0.4 is 10.6 Å². The summed E-state index contributed by atoms with van der Waals surface area (Å²) in [7, 11) is 0. The molecule has 0 saturated carbocycles. The highest BCUT2D eigenvalue weighted by Gasteiger charge is 2.13. The molecule has 0 aliphatic rings. The summed E-state index contributed by atoms with van der Waals surface area (Å²) in [5, 5.41) is 5.70. The number of rotatable bonds is 6. The number of nitrogens with one attached hydrogen (secondary N) is 2. The molecule has 0 unspecified atom stereocenters. The van der Waals surface area contributed by atoms with Crippen LogP contribution in [0.25, 0.3) is 5.69 Å². The van der Waals surface area contributed by atoms with E-state index in [2.05, 4.69) is 35.5 Å². The van der Waals surface area contributed by atoms with Gasteiger partial charge in [0.2, 0.25) is 5.91 Å². The lowest BCUT2D eigenvalue weighted by Crippen LogP contribution is -2.41. The van der Waals surface area contributed by atoms with Crippen molar-refractivity contribution in [1.29, 1.82) is 0 Å². The van der Waals surface area contributed by atoms with Crippen molar-refractivity contribution in [3.63, 3.8) is 0 Å². The van der Waals surface area contributed by atoms with E-state index in [1.54, 1.807) is 6.20 Å². The number of carbonyl (C=O) groups excluding carboxylic acids is 2. The molecule has 1 aromatic carbocycles. The number of hydrogen-bond donors (Lipinski definition) is 2. The Hall–Kier alpha value is -2.28. The molecule has 7 heteroatoms. The maximum Gasteiger partial charge on any atom is 0.321 e. The Kier molecular flexibility index (Phi) is 6.64. The number of aromatic nitrogens is 2. The lowest BCUT2D eigenvalue weighted by Gasteiger charge is -2.12. The Morgan fingerprint density at radius 3 is 2.76 bits per heavy atom. The van der Waals surface area contributed by atoms with Crippen LogP contribution in [0.15, 0.2) is 35.7 Å². The van der Waals surface area contributed by atoms with Crippen LogP contribution in [0.4, 0.5) is 4.79 Å². The number of carbonyl (C=O) groups is 2. The molecule has 0 bridgehead atoms. The molecule has 0 fully saturated rings. The standard InChI is InChI=1S/C18H24N4O2S/c1-12(2)10-20-17(24)21-16(23)11-25-18-19-8-9-22(18)15-7-5-6-13(3)14(15)4/h5-9,12H,10-11H2,1-4H3,(H2,20,21,23,24). The number of urea groups is 1. The van der Waals surface area contributed by atoms with Crippen LogP contribution in [0.2, 0.25) is 0 Å². The number of benzene rings is 1. The van der Waals surface area contributed by atoms with Crippen molar-refractivity contribution >= 4 is 23.7 Å². The van der Waals surface area contributed by atoms with Gasteiger partial charge in [-0.2, -0.15) is 0 Å². The molecule has 0 aliphatic carbocycles. The fourth-order valence-electron chi connectivity index (χ4n) is 2.21. The van der Waals surface area contributed by atoms with E-state index in [9.17, 15) is 9.59 Å². The predicted molar refractivity (Wildman–Crippen MR) is 100 cm³/mol. The van der Waals surface area contributed by atoms with Crippen LogP contribution in [-0.4, -0.2) is 33.8 Å². The normalized spacial score (nSPS) is 10.8. The number of aryl methyl sites for hydroxylation is 1. The maximum absolute atomic E-state index is 11.9. The van der Waals surface area contributed by atoms with Crippen LogP contribution in [0.3, 0.4) is 0 Å². The van der Waals surface area contributed by atoms with E-state index >= 15 is 0 Å². The lowest BCUT2D eigenvalue weighted by atomic mass is 10.1. The Labute approximate surface area is 152 Å². The number of amides is 3. The number of nitrogens with zero attached hydrogens (tertiary/aromatic N) is 2. The second-order valence-corrected chi connectivity index (χ2v) is 7.18. The summed E-state index contributed by atoms with van der Waals surface area (Å²) in [6, 6.07) is 5.62. The van der Waals surface area contributed by atoms with Gasteiger partial charge in [0.15, 0.2) is 5.16 Å². The van der Waals surface area contributed by atoms with E-state index in [1.807, 2.05) is 36.7 Å². The number of hydrogen-bond acceptors (Lipinski definition) is 4. The van der Waals surface area contributed by atoms with Crippen molar-refractivity contribution in [2.75, 3.05) is 12.3 Å². The molecule has 0 radical (unpaired) electrons. The van der Waals surface area contributed by atoms with E-state index in [0.29, 0.717) is 17.6 Å². The summed E-state index contributed by atoms with van der Waals surface area (Å²) in [4.78, 5) is 27.9. The van der Waals surface area contributed by atoms with Crippen molar-refractivity contribution in [3.05, 3.63) is 41.7 Å². The first-order valence-electron chi connectivity index (χ1n) is 8.19. The quantitative estimate of drug-likeness (QED) is 0.776. The summed E-state index contributed by atoms with van der Waals surface area (Å²) < 4.78 is 1.96. The fraction of sp³-hybridized carbons (Fsp3) is 0.389. The molecule has 0 aliphatic heterocycles. The van der Waals surface area contributed by atoms with E-state index < -0.39 is 6.03 Å². The molecule has 3 amide bonds. The zero-order valence-corrected chi connectivity index (χ0v) is 15.8. The second kappa shape index (κ2) is 8.71. The zero-order valence-electron chi connectivity index (χ0n) is 15.0. The number of thioether (sulfide) groups is 1. The molecular weight excluding hydrogens is 336 g/mol. The van der Waals surface area contributed by atoms with Gasteiger partial charge in [-0.1, -0.05) is 37.7 Å². The predicted octanol–water partition coefficient (Wildman–Crippen LogP) is 3.06. The molecule has 25 heavy (non-hydrogen) atoms. The SMILES string of the molecule is Cc1cccc(-n2ccnc2SCC(=O)NC(=O)NCC(C)C)c1C. The summed E-state index contributed by atoms with van der Waals surface area (Å²) in [6.45, 7) is 8.64. The average Bonchev–Trinajstić information content (AvgIpc) is 3.02. The van der Waals surface area contributed by atoms with Gasteiger partial charge in [0.25, 0.3) is 0 Å². The minimum Gasteiger partial charge on any atom is -0.338 e. The summed E-state index contributed by atoms with van der Waals surface area (Å²) in [5.74, 6) is 0.110. The highest BCUT2D eigenvalue weighted by Crippen LogP contribution is 2.24. The first-order chi connectivity index (χ1) is 11.9. The zero-order chi connectivity index (χ0) is 18.4. The molecule has 2 N–H and O–H groups in total. The van der Waals surface area contributed by atoms with Gasteiger partial charge in [-0.15, -0.1) is 0 Å². The van der Waals surface area contributed by atoms with E-state index in [-0.39, 0.29) is 11.7 Å². The molecule has 2 rings (SSSR count). The molecule has 1 aromatic heterocycles. The van der Waals surface area contributed by atoms with Crippen LogP contribution in [0, 0.1) is 19.8 Å². The van der Waals surface area contributed by atoms with Crippen LogP contribution in [0.1, 0.15) is 25.0 Å². The van der Waals surface area contributed by atoms with E-state index in [4.69, 9.17) is 0 Å². The second-order valence-electron chi connectivity index (χ2n) is 6.24. The smallest absolute Gasteiger partial charge is 0.321 e. The highest BCUT2D eigenvalue weighted by atomic mass is 32.2. The number of imidazole rings is 1. The van der Waals surface area contributed by atoms with Crippen LogP contribution in [-0.2, 0) is 4.79 Å². The van der Waals surface area contributed by atoms with E-state index in [0.717, 1.165) is 5.69 Å². The molecule has 1 heterocycles. The first kappa shape index (κ1) is 19.1. The van der Waals surface area contributed by atoms with Crippen molar-refractivity contribution < 1.29 is 9.59 Å². The summed E-state index contributed by atoms with van der Waals surface area (Å²) >= 11 is 1.30. The largest absolute Gasteiger partial charge is 0.338 e. The monoisotopic (exact) mass is 360 g/mol. The molecular formula is C18H24N4O2S. The molecule has 0 atom stereocenters. The minimum atomic E-state index is -0.461. The molecule has 0 saturated heterocycles. The van der Waals surface area contributed by atoms with Crippen LogP contribution >= 0.6 is 11.8 Å². The Morgan fingerprint density at radius 1 is 1.28 bits per heavy atom. The minimum absolute atomic E-state index is 0.122. The Bertz CT molecular complexity index is 755. The fourth-order valence-corrected chi connectivity index (χ4v) is 2.98. The molecule has 0 spiro atoms. The number of imide groups is 1. The van der Waals surface area contributed by atoms with Gasteiger partial charge in [0.1, 0.15) is 0 Å². The average molecular weight is 360 g/mol. The first-order valence-corrected chi connectivity index (χ1v) is 9.17. The van der Waals surface area contributed by atoms with Crippen molar-refractivity contribution in [2.24, 2.45) is 5.92 Å². The maximum atomic E-state index is 11.9. The third kappa shape index (κ3) is 5.35.